The molecule has 1 aliphatic heterocycles. The minimum Gasteiger partial charge on any atom is -0.508 e. The third kappa shape index (κ3) is 2.85. The smallest absolute Gasteiger partial charge is 0.133 e. The van der Waals surface area contributed by atoms with Gasteiger partial charge in [0.05, 0.1) is 0 Å². The number of halogens is 1. The van der Waals surface area contributed by atoms with Crippen LogP contribution in [0, 0.1) is 5.82 Å². The van der Waals surface area contributed by atoms with E-state index in [4.69, 9.17) is 4.74 Å². The lowest BCUT2D eigenvalue weighted by molar-refractivity contribution is 0.232. The first-order valence-corrected chi connectivity index (χ1v) is 8.00. The summed E-state index contributed by atoms with van der Waals surface area (Å²) in [6.07, 6.45) is 1.17. The Balaban J connectivity index is 1.56. The molecule has 1 heterocycles. The second kappa shape index (κ2) is 6.00. The first-order chi connectivity index (χ1) is 11.7. The van der Waals surface area contributed by atoms with Gasteiger partial charge < -0.3 is 9.84 Å². The van der Waals surface area contributed by atoms with Gasteiger partial charge in [-0.2, -0.15) is 0 Å². The van der Waals surface area contributed by atoms with Gasteiger partial charge >= 0.3 is 0 Å². The number of hydrogen-bond acceptors (Lipinski definition) is 2. The van der Waals surface area contributed by atoms with E-state index in [-0.39, 0.29) is 11.9 Å². The summed E-state index contributed by atoms with van der Waals surface area (Å²) in [4.78, 5) is 0. The topological polar surface area (TPSA) is 29.5 Å². The number of hydrogen-bond donors (Lipinski definition) is 1. The molecule has 0 fully saturated rings. The minimum atomic E-state index is -0.433. The maximum Gasteiger partial charge on any atom is 0.133 e. The molecule has 1 N–H and O–H groups in total. The molecule has 0 aromatic heterocycles. The van der Waals surface area contributed by atoms with Gasteiger partial charge in [-0.05, 0) is 41.3 Å². The second-order valence-electron chi connectivity index (χ2n) is 6.12. The van der Waals surface area contributed by atoms with E-state index >= 15 is 0 Å². The van der Waals surface area contributed by atoms with Crippen molar-refractivity contribution in [2.24, 2.45) is 0 Å². The number of benzene rings is 3. The molecule has 0 saturated heterocycles. The lowest BCUT2D eigenvalue weighted by Gasteiger charge is -2.12. The first kappa shape index (κ1) is 14.8. The van der Waals surface area contributed by atoms with Crippen LogP contribution < -0.4 is 4.74 Å². The van der Waals surface area contributed by atoms with E-state index in [0.717, 1.165) is 23.8 Å². The number of phenolic OH excluding ortho intramolecular Hbond substituents is 1. The number of ether oxygens (including phenoxy) is 1. The van der Waals surface area contributed by atoms with Gasteiger partial charge in [-0.25, -0.2) is 4.39 Å². The zero-order valence-electron chi connectivity index (χ0n) is 13.1. The van der Waals surface area contributed by atoms with Crippen molar-refractivity contribution in [3.8, 4) is 11.5 Å². The molecule has 0 saturated carbocycles. The SMILES string of the molecule is Oc1ccc(C2Cc3cc(Cc4ccccc4)ccc3O2)c(F)c1. The molecule has 4 rings (SSSR count). The van der Waals surface area contributed by atoms with Crippen molar-refractivity contribution < 1.29 is 14.2 Å². The van der Waals surface area contributed by atoms with Gasteiger partial charge in [0.2, 0.25) is 0 Å². The molecule has 1 aliphatic rings. The molecule has 0 amide bonds. The molecule has 0 radical (unpaired) electrons. The Morgan fingerprint density at radius 2 is 1.79 bits per heavy atom. The molecular weight excluding hydrogens is 303 g/mol. The second-order valence-corrected chi connectivity index (χ2v) is 6.12. The van der Waals surface area contributed by atoms with Crippen LogP contribution in [-0.2, 0) is 12.8 Å². The molecule has 3 aromatic carbocycles. The van der Waals surface area contributed by atoms with Crippen LogP contribution in [0.5, 0.6) is 11.5 Å². The van der Waals surface area contributed by atoms with Gasteiger partial charge in [-0.3, -0.25) is 0 Å². The Labute approximate surface area is 140 Å². The van der Waals surface area contributed by atoms with Crippen LogP contribution in [-0.4, -0.2) is 5.11 Å². The predicted octanol–water partition coefficient (Wildman–Crippen LogP) is 4.80. The van der Waals surface area contributed by atoms with Crippen LogP contribution in [0.1, 0.15) is 28.4 Å². The lowest BCUT2D eigenvalue weighted by atomic mass is 9.99. The van der Waals surface area contributed by atoms with Crippen LogP contribution in [0.4, 0.5) is 4.39 Å². The summed E-state index contributed by atoms with van der Waals surface area (Å²) in [5.74, 6) is 0.304. The highest BCUT2D eigenvalue weighted by molar-refractivity contribution is 5.44. The fraction of sp³-hybridized carbons (Fsp3) is 0.143. The van der Waals surface area contributed by atoms with Crippen LogP contribution in [0.15, 0.2) is 66.7 Å². The zero-order valence-corrected chi connectivity index (χ0v) is 13.1. The lowest BCUT2D eigenvalue weighted by Crippen LogP contribution is -2.05. The van der Waals surface area contributed by atoms with Crippen molar-refractivity contribution in [3.05, 3.63) is 94.8 Å². The number of phenols is 1. The Kier molecular flexibility index (Phi) is 3.69. The summed E-state index contributed by atoms with van der Waals surface area (Å²) < 4.78 is 19.9. The molecule has 0 spiro atoms. The molecule has 1 unspecified atom stereocenters. The van der Waals surface area contributed by atoms with Gasteiger partial charge in [-0.1, -0.05) is 42.5 Å². The highest BCUT2D eigenvalue weighted by Gasteiger charge is 2.27. The average Bonchev–Trinajstić information content (AvgIpc) is 2.98. The maximum atomic E-state index is 14.1. The normalized spacial score (nSPS) is 15.8. The Bertz CT molecular complexity index is 874. The fourth-order valence-corrected chi connectivity index (χ4v) is 3.19. The molecule has 120 valence electrons. The molecule has 2 nitrogen and oxygen atoms in total. The number of aromatic hydroxyl groups is 1. The van der Waals surface area contributed by atoms with Crippen LogP contribution >= 0.6 is 0 Å². The Morgan fingerprint density at radius 1 is 0.958 bits per heavy atom. The molecule has 0 bridgehead atoms. The molecule has 1 atom stereocenters. The van der Waals surface area contributed by atoms with Crippen molar-refractivity contribution in [2.75, 3.05) is 0 Å². The van der Waals surface area contributed by atoms with E-state index < -0.39 is 5.82 Å². The summed E-state index contributed by atoms with van der Waals surface area (Å²) in [6, 6.07) is 20.7. The van der Waals surface area contributed by atoms with E-state index in [2.05, 4.69) is 24.3 Å². The zero-order chi connectivity index (χ0) is 16.5. The summed E-state index contributed by atoms with van der Waals surface area (Å²) >= 11 is 0. The van der Waals surface area contributed by atoms with Crippen LogP contribution in [0.3, 0.4) is 0 Å². The summed E-state index contributed by atoms with van der Waals surface area (Å²) in [5.41, 5.74) is 4.06. The monoisotopic (exact) mass is 320 g/mol. The molecular formula is C21H17FO2. The van der Waals surface area contributed by atoms with Crippen LogP contribution in [0.25, 0.3) is 0 Å². The van der Waals surface area contributed by atoms with E-state index in [0.29, 0.717) is 12.0 Å². The van der Waals surface area contributed by atoms with E-state index in [1.807, 2.05) is 24.3 Å². The molecule has 0 aliphatic carbocycles. The van der Waals surface area contributed by atoms with Crippen molar-refractivity contribution in [1.29, 1.82) is 0 Å². The van der Waals surface area contributed by atoms with Crippen molar-refractivity contribution in [3.63, 3.8) is 0 Å². The van der Waals surface area contributed by atoms with Gasteiger partial charge in [0.1, 0.15) is 23.4 Å². The van der Waals surface area contributed by atoms with Crippen LogP contribution in [0.2, 0.25) is 0 Å². The first-order valence-electron chi connectivity index (χ1n) is 8.00. The van der Waals surface area contributed by atoms with Crippen molar-refractivity contribution >= 4 is 0 Å². The quantitative estimate of drug-likeness (QED) is 0.751. The van der Waals surface area contributed by atoms with E-state index in [9.17, 15) is 9.50 Å². The number of rotatable bonds is 3. The van der Waals surface area contributed by atoms with Gasteiger partial charge in [0.15, 0.2) is 0 Å². The van der Waals surface area contributed by atoms with Gasteiger partial charge in [0, 0.05) is 18.1 Å². The average molecular weight is 320 g/mol. The minimum absolute atomic E-state index is 0.0723. The third-order valence-corrected chi connectivity index (χ3v) is 4.38. The summed E-state index contributed by atoms with van der Waals surface area (Å²) in [7, 11) is 0. The largest absolute Gasteiger partial charge is 0.508 e. The molecule has 3 heteroatoms. The predicted molar refractivity (Wildman–Crippen MR) is 90.8 cm³/mol. The highest BCUT2D eigenvalue weighted by Crippen LogP contribution is 2.38. The Hall–Kier alpha value is -2.81. The summed E-state index contributed by atoms with van der Waals surface area (Å²) in [6.45, 7) is 0. The maximum absolute atomic E-state index is 14.1. The van der Waals surface area contributed by atoms with Crippen molar-refractivity contribution in [2.45, 2.75) is 18.9 Å². The highest BCUT2D eigenvalue weighted by atomic mass is 19.1. The van der Waals surface area contributed by atoms with Gasteiger partial charge in [-0.15, -0.1) is 0 Å². The molecule has 24 heavy (non-hydrogen) atoms. The Morgan fingerprint density at radius 3 is 2.58 bits per heavy atom. The van der Waals surface area contributed by atoms with E-state index in [1.54, 1.807) is 6.07 Å². The number of fused-ring (bicyclic) bond motifs is 1. The summed E-state index contributed by atoms with van der Waals surface area (Å²) in [5, 5.41) is 9.35. The van der Waals surface area contributed by atoms with Crippen molar-refractivity contribution in [1.82, 2.24) is 0 Å². The molecule has 3 aromatic rings. The van der Waals surface area contributed by atoms with Gasteiger partial charge in [0.25, 0.3) is 0 Å². The fourth-order valence-electron chi connectivity index (χ4n) is 3.19. The third-order valence-electron chi connectivity index (χ3n) is 4.38. The van der Waals surface area contributed by atoms with E-state index in [1.165, 1.54) is 17.2 Å². The standard InChI is InChI=1S/C21H17FO2/c22-19-13-17(23)7-8-18(19)21-12-16-11-15(6-9-20(16)24-21)10-14-4-2-1-3-5-14/h1-9,11,13,21,23H,10,12H2.